The van der Waals surface area contributed by atoms with Crippen LogP contribution in [0.2, 0.25) is 0 Å². The number of amides is 2. The van der Waals surface area contributed by atoms with Crippen molar-refractivity contribution < 1.29 is 19.1 Å². The van der Waals surface area contributed by atoms with Crippen LogP contribution in [0.15, 0.2) is 73.3 Å². The summed E-state index contributed by atoms with van der Waals surface area (Å²) in [6, 6.07) is 20.6. The molecule has 0 saturated heterocycles. The van der Waals surface area contributed by atoms with E-state index < -0.39 is 18.0 Å². The van der Waals surface area contributed by atoms with Gasteiger partial charge in [0.1, 0.15) is 0 Å². The van der Waals surface area contributed by atoms with Crippen molar-refractivity contribution in [2.75, 3.05) is 11.9 Å². The highest BCUT2D eigenvalue weighted by Crippen LogP contribution is 2.31. The highest BCUT2D eigenvalue weighted by molar-refractivity contribution is 6.09. The molecule has 3 aromatic rings. The summed E-state index contributed by atoms with van der Waals surface area (Å²) in [5.41, 5.74) is 2.53. The van der Waals surface area contributed by atoms with E-state index in [4.69, 9.17) is 4.74 Å². The minimum Gasteiger partial charge on any atom is -0.452 e. The summed E-state index contributed by atoms with van der Waals surface area (Å²) in [5, 5.41) is 4.84. The van der Waals surface area contributed by atoms with Gasteiger partial charge < -0.3 is 15.0 Å². The van der Waals surface area contributed by atoms with Gasteiger partial charge in [0.15, 0.2) is 6.10 Å². The molecule has 1 atom stereocenters. The van der Waals surface area contributed by atoms with E-state index in [1.807, 2.05) is 48.5 Å². The van der Waals surface area contributed by atoms with Crippen molar-refractivity contribution in [3.05, 3.63) is 84.4 Å². The van der Waals surface area contributed by atoms with Crippen LogP contribution in [-0.2, 0) is 14.3 Å². The largest absolute Gasteiger partial charge is 0.452 e. The Morgan fingerprint density at radius 1 is 1.00 bits per heavy atom. The van der Waals surface area contributed by atoms with E-state index in [0.29, 0.717) is 16.9 Å². The molecule has 0 aliphatic carbocycles. The zero-order valence-electron chi connectivity index (χ0n) is 17.1. The van der Waals surface area contributed by atoms with Gasteiger partial charge in [0, 0.05) is 29.1 Å². The van der Waals surface area contributed by atoms with E-state index in [0.717, 1.165) is 16.3 Å². The van der Waals surface area contributed by atoms with Crippen LogP contribution in [0, 0.1) is 0 Å². The summed E-state index contributed by atoms with van der Waals surface area (Å²) in [5.74, 6) is -1.16. The van der Waals surface area contributed by atoms with Gasteiger partial charge in [-0.1, -0.05) is 55.1 Å². The smallest absolute Gasteiger partial charge is 0.308 e. The molecule has 2 amide bonds. The Balaban J connectivity index is 1.30. The molecule has 1 heterocycles. The Hall–Kier alpha value is -3.93. The molecule has 1 aliphatic heterocycles. The normalized spacial score (nSPS) is 13.8. The molecule has 31 heavy (non-hydrogen) atoms. The summed E-state index contributed by atoms with van der Waals surface area (Å²) in [4.78, 5) is 38.6. The number of rotatable bonds is 6. The van der Waals surface area contributed by atoms with Crippen molar-refractivity contribution in [1.82, 2.24) is 4.90 Å². The first-order valence-corrected chi connectivity index (χ1v) is 10.0. The second-order valence-corrected chi connectivity index (χ2v) is 7.38. The number of nitrogens with zero attached hydrogens (tertiary/aromatic N) is 1. The molecule has 1 aliphatic rings. The van der Waals surface area contributed by atoms with Crippen LogP contribution >= 0.6 is 0 Å². The Morgan fingerprint density at radius 3 is 2.42 bits per heavy atom. The van der Waals surface area contributed by atoms with Crippen LogP contribution in [0.1, 0.15) is 29.3 Å². The maximum atomic E-state index is 12.5. The monoisotopic (exact) mass is 414 g/mol. The quantitative estimate of drug-likeness (QED) is 0.613. The lowest BCUT2D eigenvalue weighted by Gasteiger charge is -2.18. The number of fused-ring (bicyclic) bond motifs is 2. The third kappa shape index (κ3) is 4.19. The summed E-state index contributed by atoms with van der Waals surface area (Å²) in [6.07, 6.45) is -1.000. The fourth-order valence-electron chi connectivity index (χ4n) is 3.59. The van der Waals surface area contributed by atoms with Crippen LogP contribution in [0.4, 0.5) is 5.69 Å². The van der Waals surface area contributed by atoms with Crippen molar-refractivity contribution >= 4 is 39.9 Å². The molecular weight excluding hydrogens is 392 g/mol. The number of anilines is 1. The predicted octanol–water partition coefficient (Wildman–Crippen LogP) is 4.23. The highest BCUT2D eigenvalue weighted by atomic mass is 16.5. The topological polar surface area (TPSA) is 75.7 Å². The Morgan fingerprint density at radius 2 is 1.68 bits per heavy atom. The molecule has 0 saturated carbocycles. The maximum absolute atomic E-state index is 12.5. The van der Waals surface area contributed by atoms with Gasteiger partial charge in [-0.25, -0.2) is 0 Å². The molecule has 0 radical (unpaired) electrons. The Labute approximate surface area is 180 Å². The first kappa shape index (κ1) is 20.3. The Bertz CT molecular complexity index is 1170. The first-order valence-electron chi connectivity index (χ1n) is 10.0. The molecule has 0 fully saturated rings. The average Bonchev–Trinajstić information content (AvgIpc) is 3.02. The molecule has 0 spiro atoms. The van der Waals surface area contributed by atoms with E-state index in [9.17, 15) is 14.4 Å². The molecule has 6 nitrogen and oxygen atoms in total. The number of carbonyl (C=O) groups is 3. The molecule has 0 bridgehead atoms. The van der Waals surface area contributed by atoms with E-state index in [2.05, 4.69) is 11.9 Å². The number of carbonyl (C=O) groups excluding carboxylic acids is 3. The molecule has 6 heteroatoms. The SMILES string of the molecule is C=C1c2ccccc2C(=O)N1CCC(=O)OC(C)C(=O)Nc1ccc2ccccc2c1. The van der Waals surface area contributed by atoms with E-state index in [-0.39, 0.29) is 18.9 Å². The summed E-state index contributed by atoms with van der Waals surface area (Å²) in [6.45, 7) is 5.61. The number of ether oxygens (including phenoxy) is 1. The molecule has 3 aromatic carbocycles. The van der Waals surface area contributed by atoms with E-state index >= 15 is 0 Å². The third-order valence-electron chi connectivity index (χ3n) is 5.27. The highest BCUT2D eigenvalue weighted by Gasteiger charge is 2.31. The third-order valence-corrected chi connectivity index (χ3v) is 5.27. The molecule has 156 valence electrons. The standard InChI is InChI=1S/C25H22N2O4/c1-16-21-9-5-6-10-22(21)25(30)27(16)14-13-23(28)31-17(2)24(29)26-20-12-11-18-7-3-4-8-19(18)15-20/h3-12,15,17H,1,13-14H2,2H3,(H,26,29). The van der Waals surface area contributed by atoms with Crippen LogP contribution < -0.4 is 5.32 Å². The van der Waals surface area contributed by atoms with Gasteiger partial charge in [-0.05, 0) is 35.9 Å². The van der Waals surface area contributed by atoms with Gasteiger partial charge in [-0.2, -0.15) is 0 Å². The number of nitrogens with one attached hydrogen (secondary N) is 1. The lowest BCUT2D eigenvalue weighted by atomic mass is 10.1. The summed E-state index contributed by atoms with van der Waals surface area (Å²) in [7, 11) is 0. The summed E-state index contributed by atoms with van der Waals surface area (Å²) >= 11 is 0. The fraction of sp³-hybridized carbons (Fsp3) is 0.160. The lowest BCUT2D eigenvalue weighted by Crippen LogP contribution is -2.32. The number of hydrogen-bond acceptors (Lipinski definition) is 4. The molecular formula is C25H22N2O4. The van der Waals surface area contributed by atoms with Crippen molar-refractivity contribution in [1.29, 1.82) is 0 Å². The predicted molar refractivity (Wildman–Crippen MR) is 119 cm³/mol. The zero-order valence-corrected chi connectivity index (χ0v) is 17.1. The molecule has 0 aromatic heterocycles. The van der Waals surface area contributed by atoms with Gasteiger partial charge in [0.25, 0.3) is 11.8 Å². The summed E-state index contributed by atoms with van der Waals surface area (Å²) < 4.78 is 5.26. The first-order chi connectivity index (χ1) is 14.9. The van der Waals surface area contributed by atoms with Crippen LogP contribution in [0.5, 0.6) is 0 Å². The van der Waals surface area contributed by atoms with Gasteiger partial charge in [0.2, 0.25) is 0 Å². The number of esters is 1. The Kier molecular flexibility index (Phi) is 5.54. The molecule has 1 N–H and O–H groups in total. The van der Waals surface area contributed by atoms with Gasteiger partial charge in [-0.3, -0.25) is 14.4 Å². The second kappa shape index (κ2) is 8.44. The van der Waals surface area contributed by atoms with Crippen LogP contribution in [-0.4, -0.2) is 35.3 Å². The average molecular weight is 414 g/mol. The van der Waals surface area contributed by atoms with Crippen molar-refractivity contribution in [2.24, 2.45) is 0 Å². The lowest BCUT2D eigenvalue weighted by molar-refractivity contribution is -0.153. The molecule has 4 rings (SSSR count). The minimum absolute atomic E-state index is 0.0354. The maximum Gasteiger partial charge on any atom is 0.308 e. The number of hydrogen-bond donors (Lipinski definition) is 1. The van der Waals surface area contributed by atoms with Gasteiger partial charge in [0.05, 0.1) is 6.42 Å². The second-order valence-electron chi connectivity index (χ2n) is 7.38. The zero-order chi connectivity index (χ0) is 22.0. The minimum atomic E-state index is -0.964. The fourth-order valence-corrected chi connectivity index (χ4v) is 3.59. The van der Waals surface area contributed by atoms with E-state index in [1.165, 1.54) is 11.8 Å². The number of benzene rings is 3. The van der Waals surface area contributed by atoms with Gasteiger partial charge >= 0.3 is 5.97 Å². The van der Waals surface area contributed by atoms with Gasteiger partial charge in [-0.15, -0.1) is 0 Å². The van der Waals surface area contributed by atoms with Crippen molar-refractivity contribution in [3.8, 4) is 0 Å². The van der Waals surface area contributed by atoms with Crippen LogP contribution in [0.25, 0.3) is 16.5 Å². The molecule has 1 unspecified atom stereocenters. The van der Waals surface area contributed by atoms with E-state index in [1.54, 1.807) is 18.2 Å². The van der Waals surface area contributed by atoms with Crippen LogP contribution in [0.3, 0.4) is 0 Å². The van der Waals surface area contributed by atoms with Crippen molar-refractivity contribution in [3.63, 3.8) is 0 Å². The van der Waals surface area contributed by atoms with Crippen molar-refractivity contribution in [2.45, 2.75) is 19.4 Å².